The summed E-state index contributed by atoms with van der Waals surface area (Å²) >= 11 is 4.87. The lowest BCUT2D eigenvalue weighted by Gasteiger charge is -2.18. The maximum atomic E-state index is 12.3. The second kappa shape index (κ2) is 9.47. The lowest BCUT2D eigenvalue weighted by Crippen LogP contribution is -2.52. The van der Waals surface area contributed by atoms with Crippen LogP contribution in [0.5, 0.6) is 0 Å². The molecule has 0 aliphatic heterocycles. The summed E-state index contributed by atoms with van der Waals surface area (Å²) in [4.78, 5) is 35.2. The molecule has 1 unspecified atom stereocenters. The molecule has 22 heavy (non-hydrogen) atoms. The minimum atomic E-state index is -0.723. The van der Waals surface area contributed by atoms with Crippen LogP contribution in [-0.2, 0) is 9.59 Å². The molecule has 0 heterocycles. The molecular formula is C14H18BrN3O3S. The van der Waals surface area contributed by atoms with E-state index >= 15 is 0 Å². The highest BCUT2D eigenvalue weighted by Crippen LogP contribution is 2.16. The number of hydrogen-bond acceptors (Lipinski definition) is 4. The minimum absolute atomic E-state index is 0.350. The lowest BCUT2D eigenvalue weighted by molar-refractivity contribution is -0.129. The average Bonchev–Trinajstić information content (AvgIpc) is 2.49. The molecule has 0 bridgehead atoms. The summed E-state index contributed by atoms with van der Waals surface area (Å²) < 4.78 is 0.651. The molecule has 1 aromatic rings. The van der Waals surface area contributed by atoms with Crippen LogP contribution in [0.4, 0.5) is 0 Å². The number of carbonyl (C=O) groups excluding carboxylic acids is 3. The first-order valence-corrected chi connectivity index (χ1v) is 8.75. The number of thioether (sulfide) groups is 1. The Morgan fingerprint density at radius 1 is 1.23 bits per heavy atom. The summed E-state index contributed by atoms with van der Waals surface area (Å²) in [6, 6.07) is 6.24. The van der Waals surface area contributed by atoms with Gasteiger partial charge in [-0.05, 0) is 46.5 Å². The number of carbonyl (C=O) groups is 3. The fourth-order valence-corrected chi connectivity index (χ4v) is 2.56. The number of hydrazine groups is 1. The number of hydrogen-bond donors (Lipinski definition) is 3. The van der Waals surface area contributed by atoms with Crippen LogP contribution in [-0.4, -0.2) is 35.8 Å². The van der Waals surface area contributed by atoms with Crippen LogP contribution in [0.3, 0.4) is 0 Å². The monoisotopic (exact) mass is 387 g/mol. The van der Waals surface area contributed by atoms with E-state index in [0.717, 1.165) is 0 Å². The van der Waals surface area contributed by atoms with Crippen molar-refractivity contribution in [3.05, 3.63) is 34.3 Å². The fourth-order valence-electron chi connectivity index (χ4n) is 1.62. The van der Waals surface area contributed by atoms with Gasteiger partial charge in [0.15, 0.2) is 0 Å². The molecule has 0 fully saturated rings. The number of amides is 3. The zero-order chi connectivity index (χ0) is 16.5. The number of nitrogens with one attached hydrogen (secondary N) is 3. The predicted molar refractivity (Wildman–Crippen MR) is 90.4 cm³/mol. The van der Waals surface area contributed by atoms with Crippen molar-refractivity contribution in [2.75, 3.05) is 12.0 Å². The summed E-state index contributed by atoms with van der Waals surface area (Å²) in [5.74, 6) is -0.482. The molecule has 3 N–H and O–H groups in total. The van der Waals surface area contributed by atoms with Crippen molar-refractivity contribution < 1.29 is 14.4 Å². The molecule has 8 heteroatoms. The van der Waals surface area contributed by atoms with Gasteiger partial charge in [0.1, 0.15) is 6.04 Å². The van der Waals surface area contributed by atoms with Gasteiger partial charge in [-0.3, -0.25) is 25.2 Å². The zero-order valence-electron chi connectivity index (χ0n) is 12.3. The minimum Gasteiger partial charge on any atom is -0.340 e. The molecule has 1 atom stereocenters. The highest BCUT2D eigenvalue weighted by Gasteiger charge is 2.22. The smallest absolute Gasteiger partial charge is 0.260 e. The second-order valence-electron chi connectivity index (χ2n) is 4.46. The first-order chi connectivity index (χ1) is 10.5. The van der Waals surface area contributed by atoms with E-state index in [2.05, 4.69) is 32.1 Å². The first kappa shape index (κ1) is 18.5. The van der Waals surface area contributed by atoms with Crippen molar-refractivity contribution in [2.24, 2.45) is 0 Å². The third-order valence-electron chi connectivity index (χ3n) is 2.71. The van der Waals surface area contributed by atoms with Gasteiger partial charge in [0.2, 0.25) is 5.91 Å². The van der Waals surface area contributed by atoms with Crippen molar-refractivity contribution in [3.8, 4) is 0 Å². The molecule has 1 aromatic carbocycles. The molecule has 0 saturated carbocycles. The second-order valence-corrected chi connectivity index (χ2v) is 6.30. The van der Waals surface area contributed by atoms with Crippen molar-refractivity contribution in [1.82, 2.24) is 16.2 Å². The highest BCUT2D eigenvalue weighted by molar-refractivity contribution is 9.10. The van der Waals surface area contributed by atoms with Crippen LogP contribution in [0.2, 0.25) is 0 Å². The van der Waals surface area contributed by atoms with E-state index in [1.165, 1.54) is 6.92 Å². The summed E-state index contributed by atoms with van der Waals surface area (Å²) in [5, 5.41) is 2.69. The van der Waals surface area contributed by atoms with E-state index in [-0.39, 0.29) is 11.8 Å². The molecule has 0 saturated heterocycles. The molecule has 120 valence electrons. The summed E-state index contributed by atoms with van der Waals surface area (Å²) in [6.45, 7) is 1.29. The molecule has 0 radical (unpaired) electrons. The van der Waals surface area contributed by atoms with Crippen molar-refractivity contribution in [2.45, 2.75) is 19.4 Å². The fraction of sp³-hybridized carbons (Fsp3) is 0.357. The molecule has 0 aromatic heterocycles. The van der Waals surface area contributed by atoms with Gasteiger partial charge >= 0.3 is 0 Å². The van der Waals surface area contributed by atoms with E-state index in [1.54, 1.807) is 36.0 Å². The van der Waals surface area contributed by atoms with Crippen LogP contribution in [0, 0.1) is 0 Å². The van der Waals surface area contributed by atoms with E-state index < -0.39 is 11.9 Å². The van der Waals surface area contributed by atoms with Crippen molar-refractivity contribution >= 4 is 45.4 Å². The Kier molecular flexibility index (Phi) is 7.97. The third kappa shape index (κ3) is 6.07. The number of rotatable bonds is 6. The molecule has 6 nitrogen and oxygen atoms in total. The Hall–Kier alpha value is -1.54. The summed E-state index contributed by atoms with van der Waals surface area (Å²) in [6.07, 6.45) is 2.38. The van der Waals surface area contributed by atoms with E-state index in [4.69, 9.17) is 0 Å². The molecule has 1 rings (SSSR count). The summed E-state index contributed by atoms with van der Waals surface area (Å²) in [5.41, 5.74) is 4.96. The highest BCUT2D eigenvalue weighted by atomic mass is 79.9. The largest absolute Gasteiger partial charge is 0.340 e. The quantitative estimate of drug-likeness (QED) is 0.644. The molecule has 3 amide bonds. The zero-order valence-corrected chi connectivity index (χ0v) is 14.7. The van der Waals surface area contributed by atoms with Crippen molar-refractivity contribution in [1.29, 1.82) is 0 Å². The topological polar surface area (TPSA) is 87.3 Å². The van der Waals surface area contributed by atoms with Gasteiger partial charge in [-0.15, -0.1) is 0 Å². The molecular weight excluding hydrogens is 370 g/mol. The van der Waals surface area contributed by atoms with Crippen LogP contribution >= 0.6 is 27.7 Å². The maximum absolute atomic E-state index is 12.3. The Morgan fingerprint density at radius 2 is 1.91 bits per heavy atom. The predicted octanol–water partition coefficient (Wildman–Crippen LogP) is 1.47. The standard InChI is InChI=1S/C14H18BrN3O3S/c1-9(19)17-18-14(21)12(7-8-22-2)16-13(20)10-5-3-4-6-11(10)15/h3-6,12H,7-8H2,1-2H3,(H,16,20)(H,17,19)(H,18,21). The Balaban J connectivity index is 2.75. The maximum Gasteiger partial charge on any atom is 0.260 e. The average molecular weight is 388 g/mol. The van der Waals surface area contributed by atoms with Gasteiger partial charge in [-0.25, -0.2) is 0 Å². The lowest BCUT2D eigenvalue weighted by atomic mass is 10.1. The number of benzene rings is 1. The Bertz CT molecular complexity index is 554. The van der Waals surface area contributed by atoms with Crippen LogP contribution in [0.1, 0.15) is 23.7 Å². The first-order valence-electron chi connectivity index (χ1n) is 6.56. The van der Waals surface area contributed by atoms with Crippen LogP contribution in [0.15, 0.2) is 28.7 Å². The van der Waals surface area contributed by atoms with Gasteiger partial charge in [-0.2, -0.15) is 11.8 Å². The SMILES string of the molecule is CSCCC(NC(=O)c1ccccc1Br)C(=O)NNC(C)=O. The molecule has 0 aliphatic rings. The van der Waals surface area contributed by atoms with Gasteiger partial charge in [-0.1, -0.05) is 12.1 Å². The third-order valence-corrected chi connectivity index (χ3v) is 4.05. The Labute approximate surface area is 141 Å². The normalized spacial score (nSPS) is 11.4. The van der Waals surface area contributed by atoms with Crippen LogP contribution in [0.25, 0.3) is 0 Å². The van der Waals surface area contributed by atoms with Gasteiger partial charge in [0.25, 0.3) is 11.8 Å². The van der Waals surface area contributed by atoms with Gasteiger partial charge < -0.3 is 5.32 Å². The van der Waals surface area contributed by atoms with E-state index in [0.29, 0.717) is 22.2 Å². The van der Waals surface area contributed by atoms with Crippen LogP contribution < -0.4 is 16.2 Å². The van der Waals surface area contributed by atoms with E-state index in [1.807, 2.05) is 6.26 Å². The van der Waals surface area contributed by atoms with E-state index in [9.17, 15) is 14.4 Å². The van der Waals surface area contributed by atoms with Gasteiger partial charge in [0.05, 0.1) is 5.56 Å². The Morgan fingerprint density at radius 3 is 2.50 bits per heavy atom. The molecule has 0 aliphatic carbocycles. The number of halogens is 1. The summed E-state index contributed by atoms with van der Waals surface area (Å²) in [7, 11) is 0. The molecule has 0 spiro atoms. The van der Waals surface area contributed by atoms with Gasteiger partial charge in [0, 0.05) is 11.4 Å². The van der Waals surface area contributed by atoms with Crippen molar-refractivity contribution in [3.63, 3.8) is 0 Å².